The number of benzene rings is 1. The van der Waals surface area contributed by atoms with Crippen LogP contribution in [0, 0.1) is 11.6 Å². The summed E-state index contributed by atoms with van der Waals surface area (Å²) in [5.41, 5.74) is 0.949. The first-order chi connectivity index (χ1) is 7.52. The predicted octanol–water partition coefficient (Wildman–Crippen LogP) is 4.60. The van der Waals surface area contributed by atoms with Crippen molar-refractivity contribution in [2.24, 2.45) is 0 Å². The van der Waals surface area contributed by atoms with Crippen molar-refractivity contribution in [1.29, 1.82) is 0 Å². The molecule has 0 aromatic heterocycles. The lowest BCUT2D eigenvalue weighted by Crippen LogP contribution is -2.26. The van der Waals surface area contributed by atoms with E-state index in [1.54, 1.807) is 0 Å². The van der Waals surface area contributed by atoms with Crippen LogP contribution >= 0.6 is 0 Å². The van der Waals surface area contributed by atoms with Crippen molar-refractivity contribution < 1.29 is 8.78 Å². The summed E-state index contributed by atoms with van der Waals surface area (Å²) in [4.78, 5) is 0. The molecule has 0 radical (unpaired) electrons. The molecule has 0 saturated carbocycles. The van der Waals surface area contributed by atoms with Crippen molar-refractivity contribution in [3.05, 3.63) is 34.9 Å². The van der Waals surface area contributed by atoms with E-state index in [-0.39, 0.29) is 17.0 Å². The number of rotatable bonds is 0. The van der Waals surface area contributed by atoms with Gasteiger partial charge in [0.15, 0.2) is 0 Å². The molecular weight excluding hydrogens is 206 g/mol. The molecule has 0 nitrogen and oxygen atoms in total. The van der Waals surface area contributed by atoms with Crippen molar-refractivity contribution in [1.82, 2.24) is 0 Å². The van der Waals surface area contributed by atoms with E-state index in [1.165, 1.54) is 12.1 Å². The zero-order valence-corrected chi connectivity index (χ0v) is 10.5. The van der Waals surface area contributed by atoms with E-state index < -0.39 is 0 Å². The van der Waals surface area contributed by atoms with Gasteiger partial charge < -0.3 is 0 Å². The Balaban J connectivity index is 0.000000606. The van der Waals surface area contributed by atoms with Gasteiger partial charge in [-0.25, -0.2) is 8.78 Å². The zero-order chi connectivity index (χ0) is 12.3. The van der Waals surface area contributed by atoms with Gasteiger partial charge in [0.05, 0.1) is 0 Å². The van der Waals surface area contributed by atoms with Crippen LogP contribution in [0.4, 0.5) is 8.78 Å². The lowest BCUT2D eigenvalue weighted by molar-refractivity contribution is 0.397. The molecule has 1 aliphatic carbocycles. The standard InChI is InChI=1S/C12H14F2.C2H6/c1-12(2)7-3-4-8-9(13)5-6-10(14)11(8)12;1-2/h5-6H,3-4,7H2,1-2H3;1-2H3. The van der Waals surface area contributed by atoms with Crippen LogP contribution in [0.25, 0.3) is 0 Å². The molecule has 0 bridgehead atoms. The Labute approximate surface area is 96.7 Å². The Morgan fingerprint density at radius 3 is 2.19 bits per heavy atom. The highest BCUT2D eigenvalue weighted by molar-refractivity contribution is 5.37. The maximum atomic E-state index is 13.6. The maximum Gasteiger partial charge on any atom is 0.127 e. The first kappa shape index (κ1) is 13.1. The Morgan fingerprint density at radius 2 is 1.62 bits per heavy atom. The molecule has 0 N–H and O–H groups in total. The molecule has 1 aliphatic rings. The molecule has 0 fully saturated rings. The molecule has 2 rings (SSSR count). The summed E-state index contributed by atoms with van der Waals surface area (Å²) in [7, 11) is 0. The topological polar surface area (TPSA) is 0 Å². The minimum Gasteiger partial charge on any atom is -0.207 e. The second kappa shape index (κ2) is 4.94. The Kier molecular flexibility index (Phi) is 4.06. The molecule has 0 amide bonds. The highest BCUT2D eigenvalue weighted by atomic mass is 19.1. The van der Waals surface area contributed by atoms with Crippen LogP contribution in [0.5, 0.6) is 0 Å². The number of hydrogen-bond acceptors (Lipinski definition) is 0. The third kappa shape index (κ3) is 2.26. The van der Waals surface area contributed by atoms with E-state index in [0.29, 0.717) is 17.5 Å². The van der Waals surface area contributed by atoms with E-state index in [2.05, 4.69) is 0 Å². The SMILES string of the molecule is CC.CC1(C)CCCc2c(F)ccc(F)c21. The van der Waals surface area contributed by atoms with Crippen molar-refractivity contribution in [2.75, 3.05) is 0 Å². The average molecular weight is 226 g/mol. The molecule has 90 valence electrons. The molecule has 0 unspecified atom stereocenters. The molecule has 2 heteroatoms. The van der Waals surface area contributed by atoms with Crippen molar-refractivity contribution in [2.45, 2.75) is 52.4 Å². The molecule has 0 aliphatic heterocycles. The summed E-state index contributed by atoms with van der Waals surface area (Å²) < 4.78 is 27.0. The normalized spacial score (nSPS) is 17.1. The average Bonchev–Trinajstić information content (AvgIpc) is 2.25. The van der Waals surface area contributed by atoms with Gasteiger partial charge in [-0.05, 0) is 47.9 Å². The summed E-state index contributed by atoms with van der Waals surface area (Å²) in [5, 5.41) is 0. The molecule has 0 heterocycles. The summed E-state index contributed by atoms with van der Waals surface area (Å²) in [6.07, 6.45) is 2.54. The van der Waals surface area contributed by atoms with Crippen LogP contribution in [-0.2, 0) is 11.8 Å². The molecule has 0 spiro atoms. The fourth-order valence-electron chi connectivity index (χ4n) is 2.40. The Hall–Kier alpha value is -0.920. The fourth-order valence-corrected chi connectivity index (χ4v) is 2.40. The molecule has 16 heavy (non-hydrogen) atoms. The van der Waals surface area contributed by atoms with Crippen LogP contribution < -0.4 is 0 Å². The van der Waals surface area contributed by atoms with Gasteiger partial charge in [-0.15, -0.1) is 0 Å². The third-order valence-corrected chi connectivity index (χ3v) is 3.11. The van der Waals surface area contributed by atoms with Crippen LogP contribution in [0.2, 0.25) is 0 Å². The first-order valence-corrected chi connectivity index (χ1v) is 6.00. The molecule has 1 aromatic carbocycles. The van der Waals surface area contributed by atoms with Gasteiger partial charge in [-0.1, -0.05) is 27.7 Å². The number of halogens is 2. The molecule has 0 atom stereocenters. The highest BCUT2D eigenvalue weighted by Crippen LogP contribution is 2.39. The predicted molar refractivity (Wildman–Crippen MR) is 63.7 cm³/mol. The minimum absolute atomic E-state index is 0.222. The minimum atomic E-state index is -0.258. The quantitative estimate of drug-likeness (QED) is 0.606. The Morgan fingerprint density at radius 1 is 1.06 bits per heavy atom. The summed E-state index contributed by atoms with van der Waals surface area (Å²) in [5.74, 6) is -0.514. The molecule has 0 saturated heterocycles. The van der Waals surface area contributed by atoms with Crippen LogP contribution in [-0.4, -0.2) is 0 Å². The second-order valence-corrected chi connectivity index (χ2v) is 4.62. The van der Waals surface area contributed by atoms with Gasteiger partial charge in [-0.2, -0.15) is 0 Å². The maximum absolute atomic E-state index is 13.6. The van der Waals surface area contributed by atoms with Crippen LogP contribution in [0.1, 0.15) is 51.7 Å². The van der Waals surface area contributed by atoms with Gasteiger partial charge in [0.25, 0.3) is 0 Å². The van der Waals surface area contributed by atoms with Gasteiger partial charge in [0.1, 0.15) is 11.6 Å². The van der Waals surface area contributed by atoms with E-state index in [9.17, 15) is 8.78 Å². The largest absolute Gasteiger partial charge is 0.207 e. The van der Waals surface area contributed by atoms with Crippen molar-refractivity contribution in [3.8, 4) is 0 Å². The lowest BCUT2D eigenvalue weighted by Gasteiger charge is -2.32. The second-order valence-electron chi connectivity index (χ2n) is 4.62. The van der Waals surface area contributed by atoms with Gasteiger partial charge in [-0.3, -0.25) is 0 Å². The van der Waals surface area contributed by atoms with Crippen LogP contribution in [0.15, 0.2) is 12.1 Å². The fraction of sp³-hybridized carbons (Fsp3) is 0.571. The first-order valence-electron chi connectivity index (χ1n) is 6.00. The Bertz CT molecular complexity index is 367. The van der Waals surface area contributed by atoms with Crippen LogP contribution in [0.3, 0.4) is 0 Å². The van der Waals surface area contributed by atoms with Gasteiger partial charge in [0, 0.05) is 0 Å². The van der Waals surface area contributed by atoms with E-state index in [0.717, 1.165) is 12.8 Å². The van der Waals surface area contributed by atoms with Gasteiger partial charge >= 0.3 is 0 Å². The van der Waals surface area contributed by atoms with Crippen molar-refractivity contribution >= 4 is 0 Å². The van der Waals surface area contributed by atoms with Gasteiger partial charge in [0.2, 0.25) is 0 Å². The summed E-state index contributed by atoms with van der Waals surface area (Å²) >= 11 is 0. The number of fused-ring (bicyclic) bond motifs is 1. The number of hydrogen-bond donors (Lipinski definition) is 0. The summed E-state index contributed by atoms with van der Waals surface area (Å²) in [6, 6.07) is 2.47. The van der Waals surface area contributed by atoms with E-state index >= 15 is 0 Å². The van der Waals surface area contributed by atoms with Crippen molar-refractivity contribution in [3.63, 3.8) is 0 Å². The molecular formula is C14H20F2. The summed E-state index contributed by atoms with van der Waals surface area (Å²) in [6.45, 7) is 7.96. The van der Waals surface area contributed by atoms with E-state index in [1.807, 2.05) is 27.7 Å². The molecule has 1 aromatic rings. The monoisotopic (exact) mass is 226 g/mol. The highest BCUT2D eigenvalue weighted by Gasteiger charge is 2.31. The smallest absolute Gasteiger partial charge is 0.127 e. The lowest BCUT2D eigenvalue weighted by atomic mass is 9.72. The zero-order valence-electron chi connectivity index (χ0n) is 10.5. The van der Waals surface area contributed by atoms with E-state index in [4.69, 9.17) is 0 Å². The third-order valence-electron chi connectivity index (χ3n) is 3.11.